The van der Waals surface area contributed by atoms with E-state index in [1.807, 2.05) is 18.2 Å². The van der Waals surface area contributed by atoms with Crippen LogP contribution >= 0.6 is 0 Å². The van der Waals surface area contributed by atoms with E-state index in [1.54, 1.807) is 0 Å². The molecule has 1 aromatic heterocycles. The third-order valence-electron chi connectivity index (χ3n) is 1.54. The monoisotopic (exact) mass is 214 g/mol. The number of rotatable bonds is 1. The Bertz CT molecular complexity index is 371. The molecule has 56 valence electrons. The van der Waals surface area contributed by atoms with Gasteiger partial charge in [-0.05, 0) is 0 Å². The van der Waals surface area contributed by atoms with Gasteiger partial charge in [-0.1, -0.05) is 0 Å². The van der Waals surface area contributed by atoms with Gasteiger partial charge in [0.25, 0.3) is 0 Å². The average Bonchev–Trinajstić information content (AvgIpc) is 2.50. The van der Waals surface area contributed by atoms with Gasteiger partial charge in [0.2, 0.25) is 0 Å². The fourth-order valence-corrected chi connectivity index (χ4v) is 2.18. The predicted octanol–water partition coefficient (Wildman–Crippen LogP) is 0.179. The molecule has 0 atom stereocenters. The van der Waals surface area contributed by atoms with Gasteiger partial charge in [-0.2, -0.15) is 0 Å². The molecule has 0 spiro atoms. The van der Waals surface area contributed by atoms with Crippen LogP contribution in [0.1, 0.15) is 5.56 Å². The number of hydrogen-bond acceptors (Lipinski definition) is 3. The van der Waals surface area contributed by atoms with Crippen molar-refractivity contribution in [2.75, 3.05) is 0 Å². The first-order chi connectivity index (χ1) is 5.42. The second kappa shape index (κ2) is 2.74. The van der Waals surface area contributed by atoms with Crippen LogP contribution in [0.5, 0.6) is 0 Å². The molecule has 1 heterocycles. The summed E-state index contributed by atoms with van der Waals surface area (Å²) in [6.45, 7) is 0.0538. The summed E-state index contributed by atoms with van der Waals surface area (Å²) in [5.41, 5.74) is 2.69. The molecule has 11 heavy (non-hydrogen) atoms. The third kappa shape index (κ3) is 1.09. The van der Waals surface area contributed by atoms with Crippen LogP contribution in [0, 0.1) is 0 Å². The van der Waals surface area contributed by atoms with Gasteiger partial charge < -0.3 is 0 Å². The van der Waals surface area contributed by atoms with Crippen molar-refractivity contribution in [3.8, 4) is 0 Å². The van der Waals surface area contributed by atoms with Crippen molar-refractivity contribution in [3.05, 3.63) is 23.8 Å². The molecule has 1 N–H and O–H groups in total. The summed E-state index contributed by atoms with van der Waals surface area (Å²) in [7, 11) is 0. The van der Waals surface area contributed by atoms with E-state index in [0.29, 0.717) is 0 Å². The molecule has 0 radical (unpaired) electrons. The Morgan fingerprint density at radius 2 is 2.27 bits per heavy atom. The topological polar surface area (TPSA) is 46.0 Å². The number of hydrogen-bond donors (Lipinski definition) is 1. The molecule has 0 bridgehead atoms. The summed E-state index contributed by atoms with van der Waals surface area (Å²) in [4.78, 5) is 0. The van der Waals surface area contributed by atoms with Gasteiger partial charge in [-0.3, -0.25) is 0 Å². The minimum absolute atomic E-state index is 0.00755. The van der Waals surface area contributed by atoms with Crippen molar-refractivity contribution < 1.29 is 5.11 Å². The second-order valence-corrected chi connectivity index (χ2v) is 3.32. The van der Waals surface area contributed by atoms with Gasteiger partial charge >= 0.3 is 69.4 Å². The number of fused-ring (bicyclic) bond motifs is 1. The molecule has 4 heteroatoms. The zero-order chi connectivity index (χ0) is 7.68. The number of benzene rings is 1. The SMILES string of the molecule is OCc1cccc2n[se]nc12. The predicted molar refractivity (Wildman–Crippen MR) is 42.4 cm³/mol. The van der Waals surface area contributed by atoms with Crippen molar-refractivity contribution in [1.82, 2.24) is 7.96 Å². The van der Waals surface area contributed by atoms with Crippen LogP contribution in [0.15, 0.2) is 18.2 Å². The zero-order valence-electron chi connectivity index (χ0n) is 5.69. The quantitative estimate of drug-likeness (QED) is 0.687. The number of aliphatic hydroxyl groups is 1. The third-order valence-corrected chi connectivity index (χ3v) is 2.68. The van der Waals surface area contributed by atoms with Gasteiger partial charge in [0, 0.05) is 0 Å². The molecule has 2 aromatic rings. The van der Waals surface area contributed by atoms with Crippen molar-refractivity contribution in [1.29, 1.82) is 0 Å². The van der Waals surface area contributed by atoms with Crippen LogP contribution in [-0.4, -0.2) is 28.0 Å². The average molecular weight is 213 g/mol. The Morgan fingerprint density at radius 3 is 3.09 bits per heavy atom. The summed E-state index contributed by atoms with van der Waals surface area (Å²) in [5, 5.41) is 8.91. The maximum absolute atomic E-state index is 8.91. The fourth-order valence-electron chi connectivity index (χ4n) is 0.990. The van der Waals surface area contributed by atoms with E-state index in [0.717, 1.165) is 16.6 Å². The molecule has 0 saturated carbocycles. The van der Waals surface area contributed by atoms with Gasteiger partial charge in [0.1, 0.15) is 0 Å². The van der Waals surface area contributed by atoms with E-state index in [2.05, 4.69) is 7.96 Å². The van der Waals surface area contributed by atoms with Gasteiger partial charge in [0.15, 0.2) is 0 Å². The number of aliphatic hydroxyl groups excluding tert-OH is 1. The molecule has 2 rings (SSSR count). The molecule has 0 amide bonds. The van der Waals surface area contributed by atoms with Crippen molar-refractivity contribution in [2.45, 2.75) is 6.61 Å². The van der Waals surface area contributed by atoms with E-state index >= 15 is 0 Å². The first-order valence-electron chi connectivity index (χ1n) is 3.23. The molecular weight excluding hydrogens is 207 g/mol. The van der Waals surface area contributed by atoms with Gasteiger partial charge in [-0.25, -0.2) is 0 Å². The summed E-state index contributed by atoms with van der Waals surface area (Å²) < 4.78 is 8.40. The van der Waals surface area contributed by atoms with E-state index in [-0.39, 0.29) is 21.6 Å². The summed E-state index contributed by atoms with van der Waals surface area (Å²) >= 11 is 0.00755. The number of aromatic nitrogens is 2. The standard InChI is InChI=1S/C7H6N2OSe/c10-4-5-2-1-3-6-7(5)9-11-8-6/h1-3,10H,4H2. The Balaban J connectivity index is 2.79. The molecule has 0 unspecified atom stereocenters. The second-order valence-electron chi connectivity index (χ2n) is 2.21. The minimum atomic E-state index is 0.00755. The van der Waals surface area contributed by atoms with Crippen LogP contribution in [-0.2, 0) is 6.61 Å². The van der Waals surface area contributed by atoms with Gasteiger partial charge in [-0.15, -0.1) is 0 Å². The summed E-state index contributed by atoms with van der Waals surface area (Å²) in [5.74, 6) is 0. The van der Waals surface area contributed by atoms with E-state index in [4.69, 9.17) is 5.11 Å². The molecule has 0 fully saturated rings. The Labute approximate surface area is 69.9 Å². The molecule has 0 aliphatic heterocycles. The normalized spacial score (nSPS) is 10.6. The number of nitrogens with zero attached hydrogens (tertiary/aromatic N) is 2. The van der Waals surface area contributed by atoms with Gasteiger partial charge in [0.05, 0.1) is 0 Å². The van der Waals surface area contributed by atoms with Crippen molar-refractivity contribution >= 4 is 26.0 Å². The Kier molecular flexibility index (Phi) is 1.74. The van der Waals surface area contributed by atoms with Crippen LogP contribution in [0.4, 0.5) is 0 Å². The van der Waals surface area contributed by atoms with Crippen LogP contribution < -0.4 is 0 Å². The Hall–Kier alpha value is -0.701. The molecular formula is C7H6N2OSe. The first-order valence-corrected chi connectivity index (χ1v) is 4.76. The molecule has 3 nitrogen and oxygen atoms in total. The maximum atomic E-state index is 8.91. The van der Waals surface area contributed by atoms with Crippen LogP contribution in [0.25, 0.3) is 11.0 Å². The first kappa shape index (κ1) is 6.98. The molecule has 1 aromatic carbocycles. The van der Waals surface area contributed by atoms with E-state index in [9.17, 15) is 0 Å². The van der Waals surface area contributed by atoms with Crippen LogP contribution in [0.3, 0.4) is 0 Å². The van der Waals surface area contributed by atoms with Crippen LogP contribution in [0.2, 0.25) is 0 Å². The fraction of sp³-hybridized carbons (Fsp3) is 0.143. The molecule has 0 saturated heterocycles. The van der Waals surface area contributed by atoms with Crippen molar-refractivity contribution in [3.63, 3.8) is 0 Å². The molecule has 0 aliphatic rings. The molecule has 0 aliphatic carbocycles. The summed E-state index contributed by atoms with van der Waals surface area (Å²) in [6.07, 6.45) is 0. The van der Waals surface area contributed by atoms with E-state index < -0.39 is 0 Å². The zero-order valence-corrected chi connectivity index (χ0v) is 7.40. The Morgan fingerprint density at radius 1 is 1.36 bits per heavy atom. The van der Waals surface area contributed by atoms with E-state index in [1.165, 1.54) is 0 Å². The van der Waals surface area contributed by atoms with Crippen molar-refractivity contribution in [2.24, 2.45) is 0 Å². The summed E-state index contributed by atoms with van der Waals surface area (Å²) in [6, 6.07) is 5.69.